The van der Waals surface area contributed by atoms with Gasteiger partial charge in [-0.15, -0.1) is 0 Å². The van der Waals surface area contributed by atoms with Gasteiger partial charge in [0.1, 0.15) is 17.5 Å². The van der Waals surface area contributed by atoms with Gasteiger partial charge in [0.25, 0.3) is 0 Å². The van der Waals surface area contributed by atoms with E-state index in [1.165, 1.54) is 25.1 Å². The number of nitrogens with zero attached hydrogens (tertiary/aromatic N) is 2. The molecule has 2 saturated heterocycles. The van der Waals surface area contributed by atoms with Crippen LogP contribution >= 0.6 is 0 Å². The number of halogens is 3. The van der Waals surface area contributed by atoms with E-state index in [0.29, 0.717) is 31.7 Å². The van der Waals surface area contributed by atoms with Crippen LogP contribution in [0.1, 0.15) is 65.9 Å². The first kappa shape index (κ1) is 29.4. The van der Waals surface area contributed by atoms with Crippen molar-refractivity contribution in [2.45, 2.75) is 71.9 Å². The summed E-state index contributed by atoms with van der Waals surface area (Å²) in [4.78, 5) is 29.7. The predicted octanol–water partition coefficient (Wildman–Crippen LogP) is 5.59. The van der Waals surface area contributed by atoms with Gasteiger partial charge in [-0.2, -0.15) is 0 Å². The van der Waals surface area contributed by atoms with Gasteiger partial charge in [-0.05, 0) is 64.2 Å². The van der Waals surface area contributed by atoms with E-state index in [4.69, 9.17) is 0 Å². The molecule has 5 nitrogen and oxygen atoms in total. The van der Waals surface area contributed by atoms with Gasteiger partial charge in [0.2, 0.25) is 11.8 Å². The molecule has 2 fully saturated rings. The topological polar surface area (TPSA) is 52.7 Å². The Bertz CT molecular complexity index is 1150. The van der Waals surface area contributed by atoms with Gasteiger partial charge in [-0.3, -0.25) is 14.5 Å². The average molecular weight is 546 g/mol. The third-order valence-corrected chi connectivity index (χ3v) is 8.99. The van der Waals surface area contributed by atoms with Crippen molar-refractivity contribution in [3.8, 4) is 0 Å². The Labute approximate surface area is 230 Å². The number of benzene rings is 1. The molecule has 1 aromatic carbocycles. The van der Waals surface area contributed by atoms with E-state index in [-0.39, 0.29) is 52.9 Å². The molecule has 0 radical (unpaired) electrons. The van der Waals surface area contributed by atoms with Crippen LogP contribution in [0.2, 0.25) is 0 Å². The lowest BCUT2D eigenvalue weighted by Gasteiger charge is -2.41. The molecular weight excluding hydrogens is 503 g/mol. The second-order valence-corrected chi connectivity index (χ2v) is 12.6. The van der Waals surface area contributed by atoms with Gasteiger partial charge < -0.3 is 10.2 Å². The van der Waals surface area contributed by atoms with Gasteiger partial charge >= 0.3 is 0 Å². The van der Waals surface area contributed by atoms with Crippen LogP contribution in [-0.4, -0.2) is 59.4 Å². The third kappa shape index (κ3) is 6.26. The standard InChI is InChI=1S/C31H42F3N3O2/c1-18-27(33)10-9-23(29(18)19(2)35-20(3)38)21-11-13-36(14-12-21)30(39)26-17-37(31(4,5)6)16-25(26)24-8-7-22(32)15-28(24)34/h7-10,15,18-19,21,25-26,29H,11-14,16-17H2,1-6H3,(H,35,38)/t18?,19?,25?,26-,29?/m1/s1. The molecule has 1 N–H and O–H groups in total. The number of likely N-dealkylation sites (tertiary alicyclic amines) is 2. The molecule has 1 aliphatic carbocycles. The summed E-state index contributed by atoms with van der Waals surface area (Å²) in [5.41, 5.74) is 1.33. The highest BCUT2D eigenvalue weighted by molar-refractivity contribution is 5.81. The Balaban J connectivity index is 1.50. The van der Waals surface area contributed by atoms with Gasteiger partial charge in [-0.1, -0.05) is 24.6 Å². The van der Waals surface area contributed by atoms with Crippen molar-refractivity contribution in [2.24, 2.45) is 23.7 Å². The highest BCUT2D eigenvalue weighted by Gasteiger charge is 2.45. The van der Waals surface area contributed by atoms with Crippen molar-refractivity contribution in [3.05, 3.63) is 58.9 Å². The van der Waals surface area contributed by atoms with Crippen molar-refractivity contribution >= 4 is 11.8 Å². The van der Waals surface area contributed by atoms with Crippen LogP contribution in [0.5, 0.6) is 0 Å². The summed E-state index contributed by atoms with van der Waals surface area (Å²) >= 11 is 0. The molecule has 39 heavy (non-hydrogen) atoms. The molecule has 0 saturated carbocycles. The summed E-state index contributed by atoms with van der Waals surface area (Å²) in [6.45, 7) is 13.7. The van der Waals surface area contributed by atoms with Gasteiger partial charge in [0.05, 0.1) is 5.92 Å². The first-order chi connectivity index (χ1) is 18.3. The average Bonchev–Trinajstić information content (AvgIpc) is 3.30. The fraction of sp³-hybridized carbons (Fsp3) is 0.613. The summed E-state index contributed by atoms with van der Waals surface area (Å²) in [6.07, 6.45) is 4.89. The van der Waals surface area contributed by atoms with Gasteiger partial charge in [0.15, 0.2) is 0 Å². The van der Waals surface area contributed by atoms with Crippen LogP contribution in [0.3, 0.4) is 0 Å². The Hall–Kier alpha value is -2.61. The molecule has 0 spiro atoms. The van der Waals surface area contributed by atoms with Crippen LogP contribution in [0, 0.1) is 35.3 Å². The zero-order chi connectivity index (χ0) is 28.6. The second kappa shape index (κ2) is 11.5. The Kier molecular flexibility index (Phi) is 8.64. The zero-order valence-electron chi connectivity index (χ0n) is 23.9. The number of hydrogen-bond acceptors (Lipinski definition) is 3. The molecule has 2 heterocycles. The predicted molar refractivity (Wildman–Crippen MR) is 146 cm³/mol. The lowest BCUT2D eigenvalue weighted by Crippen LogP contribution is -2.47. The molecule has 4 unspecified atom stereocenters. The quantitative estimate of drug-likeness (QED) is 0.525. The van der Waals surface area contributed by atoms with Crippen LogP contribution in [0.4, 0.5) is 13.2 Å². The van der Waals surface area contributed by atoms with Crippen LogP contribution < -0.4 is 5.32 Å². The van der Waals surface area contributed by atoms with Crippen LogP contribution in [-0.2, 0) is 9.59 Å². The van der Waals surface area contributed by atoms with E-state index in [1.54, 1.807) is 0 Å². The minimum absolute atomic E-state index is 0.00835. The lowest BCUT2D eigenvalue weighted by atomic mass is 9.71. The van der Waals surface area contributed by atoms with Crippen LogP contribution in [0.15, 0.2) is 41.8 Å². The van der Waals surface area contributed by atoms with E-state index in [9.17, 15) is 22.8 Å². The summed E-state index contributed by atoms with van der Waals surface area (Å²) in [6, 6.07) is 3.43. The molecule has 1 aromatic rings. The lowest BCUT2D eigenvalue weighted by molar-refractivity contribution is -0.137. The first-order valence-corrected chi connectivity index (χ1v) is 14.1. The van der Waals surface area contributed by atoms with E-state index < -0.39 is 17.6 Å². The van der Waals surface area contributed by atoms with E-state index in [2.05, 4.69) is 31.0 Å². The number of allylic oxidation sites excluding steroid dienone is 3. The number of carbonyl (C=O) groups excluding carboxylic acids is 2. The van der Waals surface area contributed by atoms with E-state index >= 15 is 0 Å². The number of nitrogens with one attached hydrogen (secondary N) is 1. The number of hydrogen-bond donors (Lipinski definition) is 1. The fourth-order valence-electron chi connectivity index (χ4n) is 6.83. The molecule has 0 bridgehead atoms. The SMILES string of the molecule is CC(=O)NC(C)C1C(C2CCN(C(=O)[C@@H]3CN(C(C)(C)C)CC3c3ccc(F)cc3F)CC2)=CC=C(F)C1C. The fourth-order valence-corrected chi connectivity index (χ4v) is 6.83. The molecule has 214 valence electrons. The monoisotopic (exact) mass is 545 g/mol. The summed E-state index contributed by atoms with van der Waals surface area (Å²) in [5, 5.41) is 2.94. The number of rotatable bonds is 5. The van der Waals surface area contributed by atoms with Crippen molar-refractivity contribution < 1.29 is 22.8 Å². The van der Waals surface area contributed by atoms with Crippen LogP contribution in [0.25, 0.3) is 0 Å². The molecule has 2 aliphatic heterocycles. The van der Waals surface area contributed by atoms with E-state index in [1.807, 2.05) is 24.8 Å². The number of piperidine rings is 1. The van der Waals surface area contributed by atoms with Crippen molar-refractivity contribution in [2.75, 3.05) is 26.2 Å². The van der Waals surface area contributed by atoms with Crippen molar-refractivity contribution in [1.29, 1.82) is 0 Å². The minimum Gasteiger partial charge on any atom is -0.353 e. The van der Waals surface area contributed by atoms with Gasteiger partial charge in [0, 0.05) is 68.5 Å². The third-order valence-electron chi connectivity index (χ3n) is 8.99. The zero-order valence-corrected chi connectivity index (χ0v) is 23.9. The molecular formula is C31H42F3N3O2. The summed E-state index contributed by atoms with van der Waals surface area (Å²) in [5.74, 6) is -2.62. The highest BCUT2D eigenvalue weighted by Crippen LogP contribution is 2.42. The molecule has 5 atom stereocenters. The van der Waals surface area contributed by atoms with Crippen molar-refractivity contribution in [1.82, 2.24) is 15.1 Å². The maximum atomic E-state index is 14.9. The highest BCUT2D eigenvalue weighted by atomic mass is 19.1. The maximum Gasteiger partial charge on any atom is 0.227 e. The molecule has 8 heteroatoms. The Morgan fingerprint density at radius 2 is 1.72 bits per heavy atom. The summed E-state index contributed by atoms with van der Waals surface area (Å²) in [7, 11) is 0. The van der Waals surface area contributed by atoms with E-state index in [0.717, 1.165) is 24.5 Å². The second-order valence-electron chi connectivity index (χ2n) is 12.6. The minimum atomic E-state index is -0.626. The number of carbonyl (C=O) groups is 2. The Morgan fingerprint density at radius 1 is 1.05 bits per heavy atom. The smallest absolute Gasteiger partial charge is 0.227 e. The molecule has 0 aromatic heterocycles. The Morgan fingerprint density at radius 3 is 2.31 bits per heavy atom. The maximum absolute atomic E-state index is 14.9. The largest absolute Gasteiger partial charge is 0.353 e. The normalized spacial score (nSPS) is 27.7. The first-order valence-electron chi connectivity index (χ1n) is 14.1. The number of amides is 2. The van der Waals surface area contributed by atoms with Gasteiger partial charge in [-0.25, -0.2) is 13.2 Å². The van der Waals surface area contributed by atoms with Crippen molar-refractivity contribution in [3.63, 3.8) is 0 Å². The molecule has 4 rings (SSSR count). The summed E-state index contributed by atoms with van der Waals surface area (Å²) < 4.78 is 43.1. The molecule has 3 aliphatic rings. The molecule has 2 amide bonds.